The van der Waals surface area contributed by atoms with Crippen LogP contribution in [0.5, 0.6) is 5.75 Å². The summed E-state index contributed by atoms with van der Waals surface area (Å²) < 4.78 is 13.4. The van der Waals surface area contributed by atoms with Gasteiger partial charge in [0.15, 0.2) is 0 Å². The minimum absolute atomic E-state index is 0.116. The highest BCUT2D eigenvalue weighted by Gasteiger charge is 2.08. The van der Waals surface area contributed by atoms with Gasteiger partial charge in [0, 0.05) is 5.56 Å². The summed E-state index contributed by atoms with van der Waals surface area (Å²) in [4.78, 5) is 11.8. The molecule has 0 atom stereocenters. The maximum absolute atomic E-state index is 13.4. The topological polar surface area (TPSA) is 61.7 Å². The van der Waals surface area contributed by atoms with Gasteiger partial charge in [-0.15, -0.1) is 0 Å². The number of carbonyl (C=O) groups excluding carboxylic acids is 1. The highest BCUT2D eigenvalue weighted by atomic mass is 19.1. The zero-order valence-electron chi connectivity index (χ0n) is 12.0. The number of para-hydroxylation sites is 1. The highest BCUT2D eigenvalue weighted by molar-refractivity contribution is 6.00. The van der Waals surface area contributed by atoms with Crippen molar-refractivity contribution < 1.29 is 14.3 Å². The molecule has 0 saturated carbocycles. The number of phenols is 1. The maximum Gasteiger partial charge on any atom is 0.275 e. The van der Waals surface area contributed by atoms with Crippen LogP contribution in [-0.2, 0) is 0 Å². The lowest BCUT2D eigenvalue weighted by molar-refractivity contribution is 0.0952. The molecule has 2 aromatic rings. The van der Waals surface area contributed by atoms with E-state index in [0.29, 0.717) is 11.3 Å². The Labute approximate surface area is 127 Å². The first-order chi connectivity index (χ1) is 10.6. The zero-order valence-corrected chi connectivity index (χ0v) is 12.0. The SMILES string of the molecule is CC(/C=C/c1ccccc1F)=N\NC(=O)c1ccccc1O. The number of nitrogens with one attached hydrogen (secondary N) is 1. The number of halogens is 1. The van der Waals surface area contributed by atoms with Gasteiger partial charge in [-0.3, -0.25) is 4.79 Å². The average molecular weight is 298 g/mol. The van der Waals surface area contributed by atoms with Gasteiger partial charge >= 0.3 is 0 Å². The summed E-state index contributed by atoms with van der Waals surface area (Å²) in [6, 6.07) is 12.5. The summed E-state index contributed by atoms with van der Waals surface area (Å²) in [5, 5.41) is 13.4. The third-order valence-corrected chi connectivity index (χ3v) is 2.89. The zero-order chi connectivity index (χ0) is 15.9. The maximum atomic E-state index is 13.4. The smallest absolute Gasteiger partial charge is 0.275 e. The fourth-order valence-corrected chi connectivity index (χ4v) is 1.72. The molecule has 0 heterocycles. The van der Waals surface area contributed by atoms with Crippen LogP contribution in [0.4, 0.5) is 4.39 Å². The number of rotatable bonds is 4. The second-order valence-electron chi connectivity index (χ2n) is 4.57. The van der Waals surface area contributed by atoms with Gasteiger partial charge in [0.05, 0.1) is 11.3 Å². The van der Waals surface area contributed by atoms with Crippen LogP contribution in [0.15, 0.2) is 59.7 Å². The summed E-state index contributed by atoms with van der Waals surface area (Å²) in [6.07, 6.45) is 3.16. The second kappa shape index (κ2) is 7.17. The molecule has 2 aromatic carbocycles. The summed E-state index contributed by atoms with van der Waals surface area (Å²) in [6.45, 7) is 1.67. The molecule has 0 fully saturated rings. The van der Waals surface area contributed by atoms with E-state index in [4.69, 9.17) is 0 Å². The Morgan fingerprint density at radius 3 is 2.59 bits per heavy atom. The molecule has 0 spiro atoms. The standard InChI is InChI=1S/C17H15FN2O2/c1-12(10-11-13-6-2-4-8-15(13)18)19-20-17(22)14-7-3-5-9-16(14)21/h2-11,21H,1H3,(H,20,22)/b11-10+,19-12+. The molecule has 22 heavy (non-hydrogen) atoms. The number of hydrazone groups is 1. The minimum Gasteiger partial charge on any atom is -0.507 e. The summed E-state index contributed by atoms with van der Waals surface area (Å²) >= 11 is 0. The van der Waals surface area contributed by atoms with E-state index in [1.54, 1.807) is 49.4 Å². The number of amides is 1. The Bertz CT molecular complexity index is 739. The lowest BCUT2D eigenvalue weighted by atomic mass is 10.2. The first kappa shape index (κ1) is 15.4. The van der Waals surface area contributed by atoms with Crippen LogP contribution in [0.3, 0.4) is 0 Å². The molecule has 0 aromatic heterocycles. The van der Waals surface area contributed by atoms with Gasteiger partial charge in [0.1, 0.15) is 11.6 Å². The number of carbonyl (C=O) groups is 1. The van der Waals surface area contributed by atoms with Gasteiger partial charge in [-0.25, -0.2) is 9.82 Å². The lowest BCUT2D eigenvalue weighted by Crippen LogP contribution is -2.18. The van der Waals surface area contributed by atoms with E-state index in [1.807, 2.05) is 0 Å². The molecule has 0 aliphatic rings. The predicted molar refractivity (Wildman–Crippen MR) is 84.1 cm³/mol. The van der Waals surface area contributed by atoms with Crippen LogP contribution >= 0.6 is 0 Å². The first-order valence-corrected chi connectivity index (χ1v) is 6.63. The number of nitrogens with zero attached hydrogens (tertiary/aromatic N) is 1. The highest BCUT2D eigenvalue weighted by Crippen LogP contribution is 2.15. The molecule has 0 aliphatic heterocycles. The summed E-state index contributed by atoms with van der Waals surface area (Å²) in [7, 11) is 0. The van der Waals surface area contributed by atoms with E-state index < -0.39 is 5.91 Å². The Morgan fingerprint density at radius 1 is 1.18 bits per heavy atom. The van der Waals surface area contributed by atoms with E-state index in [2.05, 4.69) is 10.5 Å². The van der Waals surface area contributed by atoms with Crippen molar-refractivity contribution in [2.24, 2.45) is 5.10 Å². The third kappa shape index (κ3) is 4.02. The van der Waals surface area contributed by atoms with Crippen molar-refractivity contribution >= 4 is 17.7 Å². The molecule has 2 rings (SSSR count). The van der Waals surface area contributed by atoms with Gasteiger partial charge < -0.3 is 5.11 Å². The molecular weight excluding hydrogens is 283 g/mol. The van der Waals surface area contributed by atoms with Crippen molar-refractivity contribution in [2.75, 3.05) is 0 Å². The Hall–Kier alpha value is -2.95. The number of benzene rings is 2. The van der Waals surface area contributed by atoms with E-state index >= 15 is 0 Å². The first-order valence-electron chi connectivity index (χ1n) is 6.63. The van der Waals surface area contributed by atoms with Crippen molar-refractivity contribution in [3.63, 3.8) is 0 Å². The molecule has 1 amide bonds. The Morgan fingerprint density at radius 2 is 1.86 bits per heavy atom. The monoisotopic (exact) mass is 298 g/mol. The van der Waals surface area contributed by atoms with E-state index in [1.165, 1.54) is 18.2 Å². The average Bonchev–Trinajstić information content (AvgIpc) is 2.52. The van der Waals surface area contributed by atoms with Crippen molar-refractivity contribution in [1.82, 2.24) is 5.43 Å². The summed E-state index contributed by atoms with van der Waals surface area (Å²) in [5.74, 6) is -0.962. The third-order valence-electron chi connectivity index (χ3n) is 2.89. The van der Waals surface area contributed by atoms with Gasteiger partial charge in [-0.05, 0) is 31.2 Å². The Kier molecular flexibility index (Phi) is 5.03. The molecule has 0 aliphatic carbocycles. The van der Waals surface area contributed by atoms with Crippen molar-refractivity contribution in [2.45, 2.75) is 6.92 Å². The quantitative estimate of drug-likeness (QED) is 0.671. The van der Waals surface area contributed by atoms with Gasteiger partial charge in [-0.1, -0.05) is 36.4 Å². The molecule has 5 heteroatoms. The largest absolute Gasteiger partial charge is 0.507 e. The summed E-state index contributed by atoms with van der Waals surface area (Å²) in [5.41, 5.74) is 3.40. The minimum atomic E-state index is -0.517. The van der Waals surface area contributed by atoms with Crippen LogP contribution in [-0.4, -0.2) is 16.7 Å². The van der Waals surface area contributed by atoms with E-state index in [-0.39, 0.29) is 17.1 Å². The molecular formula is C17H15FN2O2. The number of hydrogen-bond acceptors (Lipinski definition) is 3. The fraction of sp³-hybridized carbons (Fsp3) is 0.0588. The van der Waals surface area contributed by atoms with Crippen molar-refractivity contribution in [1.29, 1.82) is 0 Å². The fourth-order valence-electron chi connectivity index (χ4n) is 1.72. The molecule has 0 radical (unpaired) electrons. The van der Waals surface area contributed by atoms with Crippen molar-refractivity contribution in [3.05, 3.63) is 71.6 Å². The Balaban J connectivity index is 2.03. The second-order valence-corrected chi connectivity index (χ2v) is 4.57. The number of hydrogen-bond donors (Lipinski definition) is 2. The predicted octanol–water partition coefficient (Wildman–Crippen LogP) is 3.35. The van der Waals surface area contributed by atoms with Crippen molar-refractivity contribution in [3.8, 4) is 5.75 Å². The van der Waals surface area contributed by atoms with Gasteiger partial charge in [0.2, 0.25) is 0 Å². The van der Waals surface area contributed by atoms with Gasteiger partial charge in [0.25, 0.3) is 5.91 Å². The molecule has 112 valence electrons. The number of allylic oxidation sites excluding steroid dienone is 1. The molecule has 0 saturated heterocycles. The van der Waals surface area contributed by atoms with Crippen LogP contribution < -0.4 is 5.43 Å². The molecule has 4 nitrogen and oxygen atoms in total. The molecule has 0 bridgehead atoms. The van der Waals surface area contributed by atoms with E-state index in [9.17, 15) is 14.3 Å². The number of phenolic OH excluding ortho intramolecular Hbond substituents is 1. The number of aromatic hydroxyl groups is 1. The van der Waals surface area contributed by atoms with Crippen LogP contribution in [0.1, 0.15) is 22.8 Å². The van der Waals surface area contributed by atoms with Gasteiger partial charge in [-0.2, -0.15) is 5.10 Å². The van der Waals surface area contributed by atoms with Crippen LogP contribution in [0.25, 0.3) is 6.08 Å². The van der Waals surface area contributed by atoms with Crippen LogP contribution in [0, 0.1) is 5.82 Å². The molecule has 2 N–H and O–H groups in total. The normalized spacial score (nSPS) is 11.6. The van der Waals surface area contributed by atoms with Crippen LogP contribution in [0.2, 0.25) is 0 Å². The molecule has 0 unspecified atom stereocenters. The lowest BCUT2D eigenvalue weighted by Gasteiger charge is -2.02. The van der Waals surface area contributed by atoms with E-state index in [0.717, 1.165) is 0 Å².